The summed E-state index contributed by atoms with van der Waals surface area (Å²) in [5.74, 6) is 1.36. The lowest BCUT2D eigenvalue weighted by atomic mass is 10.2. The van der Waals surface area contributed by atoms with E-state index in [4.69, 9.17) is 4.74 Å². The van der Waals surface area contributed by atoms with Crippen molar-refractivity contribution in [2.24, 2.45) is 0 Å². The van der Waals surface area contributed by atoms with Crippen LogP contribution in [0.1, 0.15) is 11.5 Å². The summed E-state index contributed by atoms with van der Waals surface area (Å²) in [6.07, 6.45) is 1.75. The maximum absolute atomic E-state index is 9.53. The van der Waals surface area contributed by atoms with E-state index in [2.05, 4.69) is 21.0 Å². The molecule has 5 nitrogen and oxygen atoms in total. The van der Waals surface area contributed by atoms with E-state index < -0.39 is 0 Å². The quantitative estimate of drug-likeness (QED) is 0.534. The number of thiazole rings is 1. The summed E-state index contributed by atoms with van der Waals surface area (Å²) in [6.45, 7) is 0. The van der Waals surface area contributed by atoms with Gasteiger partial charge in [0.2, 0.25) is 0 Å². The van der Waals surface area contributed by atoms with Gasteiger partial charge in [0, 0.05) is 10.9 Å². The Hall–Kier alpha value is -3.43. The van der Waals surface area contributed by atoms with Crippen LogP contribution >= 0.6 is 11.3 Å². The van der Waals surface area contributed by atoms with E-state index in [1.54, 1.807) is 13.2 Å². The van der Waals surface area contributed by atoms with Gasteiger partial charge >= 0.3 is 0 Å². The number of H-pyrrole nitrogens is 1. The lowest BCUT2D eigenvalue weighted by molar-refractivity contribution is 0.415. The molecule has 2 aromatic carbocycles. The maximum atomic E-state index is 9.53. The number of benzene rings is 2. The highest BCUT2D eigenvalue weighted by molar-refractivity contribution is 7.13. The van der Waals surface area contributed by atoms with Gasteiger partial charge < -0.3 is 9.72 Å². The van der Waals surface area contributed by atoms with Crippen molar-refractivity contribution in [2.75, 3.05) is 7.11 Å². The first-order valence-electron chi connectivity index (χ1n) is 7.93. The molecule has 6 heteroatoms. The highest BCUT2D eigenvalue weighted by atomic mass is 32.1. The lowest BCUT2D eigenvalue weighted by Gasteiger charge is -2.00. The number of nitrogens with one attached hydrogen (secondary N) is 1. The van der Waals surface area contributed by atoms with Crippen LogP contribution in [0, 0.1) is 11.3 Å². The molecular weight excluding hydrogens is 344 g/mol. The van der Waals surface area contributed by atoms with Gasteiger partial charge in [0.15, 0.2) is 0 Å². The minimum Gasteiger partial charge on any atom is -0.497 e. The summed E-state index contributed by atoms with van der Waals surface area (Å²) in [5, 5.41) is 12.4. The first-order valence-corrected chi connectivity index (χ1v) is 8.81. The van der Waals surface area contributed by atoms with Gasteiger partial charge in [0.05, 0.1) is 29.4 Å². The van der Waals surface area contributed by atoms with Gasteiger partial charge in [0.25, 0.3) is 0 Å². The van der Waals surface area contributed by atoms with Crippen molar-refractivity contribution in [3.8, 4) is 22.4 Å². The third kappa shape index (κ3) is 3.08. The van der Waals surface area contributed by atoms with Crippen molar-refractivity contribution < 1.29 is 4.74 Å². The van der Waals surface area contributed by atoms with Gasteiger partial charge in [-0.1, -0.05) is 12.1 Å². The number of methoxy groups -OCH3 is 1. The minimum absolute atomic E-state index is 0.452. The summed E-state index contributed by atoms with van der Waals surface area (Å²) < 4.78 is 5.18. The molecule has 0 aliphatic carbocycles. The third-order valence-corrected chi connectivity index (χ3v) is 4.83. The molecule has 0 unspecified atom stereocenters. The first-order chi connectivity index (χ1) is 12.8. The van der Waals surface area contributed by atoms with E-state index in [-0.39, 0.29) is 0 Å². The molecule has 0 saturated heterocycles. The number of aromatic amines is 1. The van der Waals surface area contributed by atoms with Crippen molar-refractivity contribution >= 4 is 34.0 Å². The van der Waals surface area contributed by atoms with Crippen molar-refractivity contribution in [2.45, 2.75) is 0 Å². The van der Waals surface area contributed by atoms with Crippen LogP contribution in [-0.4, -0.2) is 22.1 Å². The average molecular weight is 358 g/mol. The normalized spacial score (nSPS) is 11.5. The van der Waals surface area contributed by atoms with E-state index in [0.717, 1.165) is 33.0 Å². The Morgan fingerprint density at radius 2 is 1.96 bits per heavy atom. The predicted molar refractivity (Wildman–Crippen MR) is 104 cm³/mol. The molecule has 2 heterocycles. The number of ether oxygens (including phenoxy) is 1. The lowest BCUT2D eigenvalue weighted by Crippen LogP contribution is -1.85. The molecule has 0 spiro atoms. The largest absolute Gasteiger partial charge is 0.497 e. The Morgan fingerprint density at radius 3 is 2.69 bits per heavy atom. The molecule has 126 valence electrons. The molecule has 0 saturated carbocycles. The third-order valence-electron chi connectivity index (χ3n) is 3.92. The monoisotopic (exact) mass is 358 g/mol. The number of nitrogens with zero attached hydrogens (tertiary/aromatic N) is 3. The number of hydrogen-bond acceptors (Lipinski definition) is 5. The number of nitriles is 1. The van der Waals surface area contributed by atoms with Gasteiger partial charge in [-0.3, -0.25) is 0 Å². The molecule has 0 radical (unpaired) electrons. The zero-order chi connectivity index (χ0) is 17.9. The van der Waals surface area contributed by atoms with Crippen LogP contribution in [0.2, 0.25) is 0 Å². The van der Waals surface area contributed by atoms with Crippen LogP contribution in [0.3, 0.4) is 0 Å². The second-order valence-electron chi connectivity index (χ2n) is 5.58. The van der Waals surface area contributed by atoms with Crippen molar-refractivity contribution in [3.63, 3.8) is 0 Å². The number of aromatic nitrogens is 3. The maximum Gasteiger partial charge on any atom is 0.149 e. The van der Waals surface area contributed by atoms with Crippen molar-refractivity contribution in [3.05, 3.63) is 65.4 Å². The molecule has 0 bridgehead atoms. The number of allylic oxidation sites excluding steroid dienone is 1. The van der Waals surface area contributed by atoms with Crippen LogP contribution in [0.5, 0.6) is 5.75 Å². The SMILES string of the molecule is COc1ccc(-c2nc(/C=C(\C#N)c3nc4ccccc4[nH]3)cs2)cc1. The number of hydrogen-bond donors (Lipinski definition) is 1. The topological polar surface area (TPSA) is 74.6 Å². The Balaban J connectivity index is 1.66. The summed E-state index contributed by atoms with van der Waals surface area (Å²) >= 11 is 1.53. The van der Waals surface area contributed by atoms with Crippen LogP contribution in [0.15, 0.2) is 53.9 Å². The summed E-state index contributed by atoms with van der Waals surface area (Å²) in [7, 11) is 1.64. The molecule has 0 fully saturated rings. The van der Waals surface area contributed by atoms with Gasteiger partial charge in [-0.25, -0.2) is 9.97 Å². The van der Waals surface area contributed by atoms with E-state index in [9.17, 15) is 5.26 Å². The molecule has 4 aromatic rings. The number of para-hydroxylation sites is 2. The summed E-state index contributed by atoms with van der Waals surface area (Å²) in [6, 6.07) is 17.7. The van der Waals surface area contributed by atoms with E-state index in [1.165, 1.54) is 11.3 Å². The number of imidazole rings is 1. The first kappa shape index (κ1) is 16.1. The van der Waals surface area contributed by atoms with E-state index >= 15 is 0 Å². The zero-order valence-electron chi connectivity index (χ0n) is 13.9. The molecule has 2 aromatic heterocycles. The number of rotatable bonds is 4. The van der Waals surface area contributed by atoms with Gasteiger partial charge in [0.1, 0.15) is 22.7 Å². The second-order valence-corrected chi connectivity index (χ2v) is 6.44. The molecular formula is C20H14N4OS. The highest BCUT2D eigenvalue weighted by Crippen LogP contribution is 2.27. The van der Waals surface area contributed by atoms with Crippen molar-refractivity contribution in [1.29, 1.82) is 5.26 Å². The fourth-order valence-electron chi connectivity index (χ4n) is 2.60. The Bertz CT molecular complexity index is 1100. The second kappa shape index (κ2) is 6.82. The Kier molecular flexibility index (Phi) is 4.22. The summed E-state index contributed by atoms with van der Waals surface area (Å²) in [4.78, 5) is 12.3. The predicted octanol–water partition coefficient (Wildman–Crippen LogP) is 4.76. The van der Waals surface area contributed by atoms with E-state index in [1.807, 2.05) is 53.9 Å². The molecule has 26 heavy (non-hydrogen) atoms. The molecule has 4 rings (SSSR count). The van der Waals surface area contributed by atoms with Gasteiger partial charge in [-0.05, 0) is 42.5 Å². The molecule has 0 aliphatic heterocycles. The number of fused-ring (bicyclic) bond motifs is 1. The standard InChI is InChI=1S/C20H14N4OS/c1-25-16-8-6-13(7-9-16)20-22-15(12-26-20)10-14(11-21)19-23-17-4-2-3-5-18(17)24-19/h2-10,12H,1H3,(H,23,24)/b14-10+. The van der Waals surface area contributed by atoms with E-state index in [0.29, 0.717) is 11.4 Å². The Labute approximate surface area is 154 Å². The smallest absolute Gasteiger partial charge is 0.149 e. The molecule has 1 N–H and O–H groups in total. The van der Waals surface area contributed by atoms with Crippen molar-refractivity contribution in [1.82, 2.24) is 15.0 Å². The molecule has 0 aliphatic rings. The zero-order valence-corrected chi connectivity index (χ0v) is 14.7. The molecule has 0 amide bonds. The van der Waals surface area contributed by atoms with Crippen LogP contribution in [0.4, 0.5) is 0 Å². The van der Waals surface area contributed by atoms with Gasteiger partial charge in [-0.15, -0.1) is 11.3 Å². The molecule has 0 atom stereocenters. The Morgan fingerprint density at radius 1 is 1.15 bits per heavy atom. The van der Waals surface area contributed by atoms with Crippen LogP contribution in [0.25, 0.3) is 33.3 Å². The fraction of sp³-hybridized carbons (Fsp3) is 0.0500. The van der Waals surface area contributed by atoms with Crippen LogP contribution in [-0.2, 0) is 0 Å². The van der Waals surface area contributed by atoms with Gasteiger partial charge in [-0.2, -0.15) is 5.26 Å². The average Bonchev–Trinajstić information content (AvgIpc) is 3.33. The minimum atomic E-state index is 0.452. The summed E-state index contributed by atoms with van der Waals surface area (Å²) in [5.41, 5.74) is 3.94. The van der Waals surface area contributed by atoms with Crippen LogP contribution < -0.4 is 4.74 Å². The fourth-order valence-corrected chi connectivity index (χ4v) is 3.38. The highest BCUT2D eigenvalue weighted by Gasteiger charge is 2.10.